The molecule has 1 aromatic carbocycles. The number of anilines is 1. The number of benzene rings is 1. The Hall–Kier alpha value is -2.04. The minimum Gasteiger partial charge on any atom is -0.368 e. The highest BCUT2D eigenvalue weighted by Gasteiger charge is 2.43. The minimum absolute atomic E-state index is 0.0130. The largest absolute Gasteiger partial charge is 0.368 e. The lowest BCUT2D eigenvalue weighted by Crippen LogP contribution is -2.57. The van der Waals surface area contributed by atoms with Crippen LogP contribution in [0.5, 0.6) is 0 Å². The number of hydrogen-bond acceptors (Lipinski definition) is 3. The van der Waals surface area contributed by atoms with Gasteiger partial charge in [-0.1, -0.05) is 19.1 Å². The fraction of sp³-hybridized carbons (Fsp3) is 0.652. The van der Waals surface area contributed by atoms with Gasteiger partial charge < -0.3 is 14.7 Å². The molecule has 154 valence electrons. The number of rotatable bonds is 3. The van der Waals surface area contributed by atoms with Crippen molar-refractivity contribution < 1.29 is 9.59 Å². The van der Waals surface area contributed by atoms with Gasteiger partial charge in [-0.25, -0.2) is 0 Å². The normalized spacial score (nSPS) is 21.0. The van der Waals surface area contributed by atoms with Gasteiger partial charge >= 0.3 is 0 Å². The molecule has 5 nitrogen and oxygen atoms in total. The van der Waals surface area contributed by atoms with Crippen LogP contribution in [0.4, 0.5) is 5.69 Å². The molecule has 0 saturated carbocycles. The molecule has 1 unspecified atom stereocenters. The van der Waals surface area contributed by atoms with Gasteiger partial charge in [0, 0.05) is 45.0 Å². The van der Waals surface area contributed by atoms with Crippen LogP contribution in [0.25, 0.3) is 0 Å². The van der Waals surface area contributed by atoms with E-state index in [-0.39, 0.29) is 11.8 Å². The predicted molar refractivity (Wildman–Crippen MR) is 113 cm³/mol. The van der Waals surface area contributed by atoms with Crippen LogP contribution in [0.2, 0.25) is 0 Å². The summed E-state index contributed by atoms with van der Waals surface area (Å²) in [5.74, 6) is 0.474. The Morgan fingerprint density at radius 1 is 0.964 bits per heavy atom. The first-order valence-corrected chi connectivity index (χ1v) is 10.6. The van der Waals surface area contributed by atoms with E-state index in [9.17, 15) is 9.59 Å². The summed E-state index contributed by atoms with van der Waals surface area (Å²) in [5, 5.41) is 0. The van der Waals surface area contributed by atoms with Crippen molar-refractivity contribution in [2.75, 3.05) is 44.2 Å². The lowest BCUT2D eigenvalue weighted by atomic mass is 9.87. The number of piperazine rings is 1. The van der Waals surface area contributed by atoms with Gasteiger partial charge in [0.15, 0.2) is 0 Å². The third-order valence-corrected chi connectivity index (χ3v) is 6.50. The Morgan fingerprint density at radius 3 is 2.25 bits per heavy atom. The summed E-state index contributed by atoms with van der Waals surface area (Å²) >= 11 is 0. The van der Waals surface area contributed by atoms with Crippen molar-refractivity contribution in [3.8, 4) is 0 Å². The summed E-state index contributed by atoms with van der Waals surface area (Å²) in [7, 11) is 0. The minimum atomic E-state index is -0.988. The van der Waals surface area contributed by atoms with Crippen LogP contribution in [-0.2, 0) is 9.59 Å². The van der Waals surface area contributed by atoms with Gasteiger partial charge in [-0.2, -0.15) is 0 Å². The monoisotopic (exact) mass is 385 g/mol. The average molecular weight is 386 g/mol. The zero-order valence-electron chi connectivity index (χ0n) is 18.1. The molecule has 2 heterocycles. The number of likely N-dealkylation sites (tertiary alicyclic amines) is 1. The third-order valence-electron chi connectivity index (χ3n) is 6.50. The molecule has 0 aliphatic carbocycles. The predicted octanol–water partition coefficient (Wildman–Crippen LogP) is 3.24. The van der Waals surface area contributed by atoms with Crippen LogP contribution in [0.15, 0.2) is 18.2 Å². The molecular weight excluding hydrogens is 350 g/mol. The van der Waals surface area contributed by atoms with Crippen molar-refractivity contribution in [2.45, 2.75) is 47.5 Å². The maximum atomic E-state index is 13.2. The highest BCUT2D eigenvalue weighted by Crippen LogP contribution is 2.28. The van der Waals surface area contributed by atoms with Gasteiger partial charge in [-0.15, -0.1) is 0 Å². The summed E-state index contributed by atoms with van der Waals surface area (Å²) in [6.45, 7) is 14.6. The molecule has 2 saturated heterocycles. The van der Waals surface area contributed by atoms with E-state index in [1.54, 1.807) is 13.8 Å². The molecule has 5 heteroatoms. The van der Waals surface area contributed by atoms with E-state index in [0.717, 1.165) is 32.6 Å². The second-order valence-corrected chi connectivity index (χ2v) is 9.12. The van der Waals surface area contributed by atoms with E-state index in [1.807, 2.05) is 9.80 Å². The zero-order chi connectivity index (χ0) is 20.5. The number of amides is 2. The summed E-state index contributed by atoms with van der Waals surface area (Å²) < 4.78 is 0. The highest BCUT2D eigenvalue weighted by atomic mass is 16.2. The number of aryl methyl sites for hydroxylation is 1. The number of hydrogen-bond donors (Lipinski definition) is 0. The Bertz CT molecular complexity index is 735. The Labute approximate surface area is 169 Å². The molecular formula is C23H35N3O2. The Balaban J connectivity index is 1.63. The zero-order valence-corrected chi connectivity index (χ0v) is 18.1. The van der Waals surface area contributed by atoms with Crippen molar-refractivity contribution in [3.05, 3.63) is 29.3 Å². The van der Waals surface area contributed by atoms with Gasteiger partial charge in [-0.05, 0) is 63.6 Å². The van der Waals surface area contributed by atoms with Crippen molar-refractivity contribution in [2.24, 2.45) is 11.3 Å². The summed E-state index contributed by atoms with van der Waals surface area (Å²) in [6, 6.07) is 6.38. The van der Waals surface area contributed by atoms with E-state index in [2.05, 4.69) is 43.9 Å². The van der Waals surface area contributed by atoms with Crippen molar-refractivity contribution >= 4 is 17.5 Å². The van der Waals surface area contributed by atoms with E-state index in [0.29, 0.717) is 19.0 Å². The average Bonchev–Trinajstić information content (AvgIpc) is 2.69. The molecule has 0 N–H and O–H groups in total. The van der Waals surface area contributed by atoms with Crippen LogP contribution in [0.1, 0.15) is 44.7 Å². The Kier molecular flexibility index (Phi) is 6.01. The molecule has 2 aliphatic rings. The molecule has 0 spiro atoms. The van der Waals surface area contributed by atoms with Crippen LogP contribution in [-0.4, -0.2) is 60.9 Å². The van der Waals surface area contributed by atoms with Crippen molar-refractivity contribution in [1.29, 1.82) is 0 Å². The summed E-state index contributed by atoms with van der Waals surface area (Å²) in [4.78, 5) is 32.4. The SMILES string of the molecule is Cc1cccc(N2CCN(C(=O)C(C)(C)C(=O)N3CCCC(C)C3)CC2)c1C. The fourth-order valence-electron chi connectivity index (χ4n) is 4.48. The first kappa shape index (κ1) is 20.7. The molecule has 3 rings (SSSR count). The number of carbonyl (C=O) groups excluding carboxylic acids is 2. The lowest BCUT2D eigenvalue weighted by Gasteiger charge is -2.41. The van der Waals surface area contributed by atoms with E-state index < -0.39 is 5.41 Å². The number of piperidine rings is 1. The van der Waals surface area contributed by atoms with E-state index in [1.165, 1.54) is 23.2 Å². The van der Waals surface area contributed by atoms with Crippen molar-refractivity contribution in [1.82, 2.24) is 9.80 Å². The molecule has 28 heavy (non-hydrogen) atoms. The van der Waals surface area contributed by atoms with Gasteiger partial charge in [-0.3, -0.25) is 9.59 Å². The standard InChI is InChI=1S/C23H35N3O2/c1-17-8-7-11-26(16-17)22(28)23(4,5)21(27)25-14-12-24(13-15-25)20-10-6-9-18(2)19(20)3/h6,9-10,17H,7-8,11-16H2,1-5H3. The molecule has 2 aliphatic heterocycles. The van der Waals surface area contributed by atoms with E-state index in [4.69, 9.17) is 0 Å². The molecule has 2 fully saturated rings. The second-order valence-electron chi connectivity index (χ2n) is 9.12. The first-order valence-electron chi connectivity index (χ1n) is 10.6. The van der Waals surface area contributed by atoms with E-state index >= 15 is 0 Å². The fourth-order valence-corrected chi connectivity index (χ4v) is 4.48. The second kappa shape index (κ2) is 8.14. The van der Waals surface area contributed by atoms with Crippen LogP contribution >= 0.6 is 0 Å². The molecule has 0 bridgehead atoms. The smallest absolute Gasteiger partial charge is 0.237 e. The summed E-state index contributed by atoms with van der Waals surface area (Å²) in [6.07, 6.45) is 2.20. The highest BCUT2D eigenvalue weighted by molar-refractivity contribution is 6.04. The van der Waals surface area contributed by atoms with Crippen LogP contribution in [0, 0.1) is 25.2 Å². The topological polar surface area (TPSA) is 43.9 Å². The van der Waals surface area contributed by atoms with Gasteiger partial charge in [0.25, 0.3) is 0 Å². The quantitative estimate of drug-likeness (QED) is 0.751. The lowest BCUT2D eigenvalue weighted by molar-refractivity contribution is -0.155. The third kappa shape index (κ3) is 4.03. The van der Waals surface area contributed by atoms with Gasteiger partial charge in [0.1, 0.15) is 5.41 Å². The van der Waals surface area contributed by atoms with Crippen LogP contribution < -0.4 is 4.90 Å². The van der Waals surface area contributed by atoms with Crippen molar-refractivity contribution in [3.63, 3.8) is 0 Å². The Morgan fingerprint density at radius 2 is 1.61 bits per heavy atom. The molecule has 0 radical (unpaired) electrons. The molecule has 1 aromatic rings. The van der Waals surface area contributed by atoms with Gasteiger partial charge in [0.2, 0.25) is 11.8 Å². The number of nitrogens with zero attached hydrogens (tertiary/aromatic N) is 3. The maximum Gasteiger partial charge on any atom is 0.237 e. The molecule has 0 aromatic heterocycles. The maximum absolute atomic E-state index is 13.2. The molecule has 2 amide bonds. The van der Waals surface area contributed by atoms with Gasteiger partial charge in [0.05, 0.1) is 0 Å². The molecule has 1 atom stereocenters. The number of carbonyl (C=O) groups is 2. The first-order chi connectivity index (χ1) is 13.2. The van der Waals surface area contributed by atoms with Crippen LogP contribution in [0.3, 0.4) is 0 Å². The summed E-state index contributed by atoms with van der Waals surface area (Å²) in [5.41, 5.74) is 2.86.